The summed E-state index contributed by atoms with van der Waals surface area (Å²) in [6.45, 7) is -0.0103. The van der Waals surface area contributed by atoms with Crippen molar-refractivity contribution in [1.29, 1.82) is 0 Å². The third kappa shape index (κ3) is 4.76. The van der Waals surface area contributed by atoms with E-state index in [2.05, 4.69) is 221 Å². The van der Waals surface area contributed by atoms with E-state index in [-0.39, 0.29) is 6.71 Å². The normalized spacial score (nSPS) is 12.9. The predicted molar refractivity (Wildman–Crippen MR) is 238 cm³/mol. The van der Waals surface area contributed by atoms with Crippen LogP contribution in [-0.2, 0) is 0 Å². The van der Waals surface area contributed by atoms with E-state index in [0.29, 0.717) is 0 Å². The fraction of sp³-hybridized carbons (Fsp3) is 0. The van der Waals surface area contributed by atoms with Gasteiger partial charge in [0.15, 0.2) is 0 Å². The van der Waals surface area contributed by atoms with E-state index >= 15 is 0 Å². The van der Waals surface area contributed by atoms with Crippen LogP contribution in [0.1, 0.15) is 0 Å². The molecule has 0 saturated carbocycles. The zero-order chi connectivity index (χ0) is 37.5. The SMILES string of the molecule is c1ccc(N2c3ccccc3B3c4cc5c(cc4Oc4cccc2c43)-c2ccc(N(c3ccccc3)c3ccccc3)c3cccc(c23)N5c2ccccc2)cc1. The molecule has 12 rings (SSSR count). The Kier molecular flexibility index (Phi) is 6.99. The summed E-state index contributed by atoms with van der Waals surface area (Å²) < 4.78 is 7.04. The summed E-state index contributed by atoms with van der Waals surface area (Å²) in [7, 11) is 0. The van der Waals surface area contributed by atoms with Crippen LogP contribution in [-0.4, -0.2) is 6.71 Å². The lowest BCUT2D eigenvalue weighted by Gasteiger charge is -2.41. The van der Waals surface area contributed by atoms with Crippen molar-refractivity contribution in [2.75, 3.05) is 14.7 Å². The molecule has 0 atom stereocenters. The largest absolute Gasteiger partial charge is 0.458 e. The van der Waals surface area contributed by atoms with Crippen LogP contribution < -0.4 is 35.8 Å². The molecule has 0 unspecified atom stereocenters. The summed E-state index contributed by atoms with van der Waals surface area (Å²) >= 11 is 0. The number of anilines is 9. The van der Waals surface area contributed by atoms with E-state index in [9.17, 15) is 0 Å². The van der Waals surface area contributed by atoms with Crippen LogP contribution in [0.25, 0.3) is 21.9 Å². The second-order valence-corrected chi connectivity index (χ2v) is 14.9. The number of rotatable bonds is 5. The van der Waals surface area contributed by atoms with Gasteiger partial charge in [-0.1, -0.05) is 115 Å². The Balaban J connectivity index is 1.11. The summed E-state index contributed by atoms with van der Waals surface area (Å²) in [4.78, 5) is 7.21. The highest BCUT2D eigenvalue weighted by atomic mass is 16.5. The fourth-order valence-electron chi connectivity index (χ4n) is 9.47. The first kappa shape index (κ1) is 31.8. The molecule has 0 bridgehead atoms. The molecule has 0 fully saturated rings. The van der Waals surface area contributed by atoms with Crippen LogP contribution in [0.5, 0.6) is 11.5 Å². The maximum absolute atomic E-state index is 7.04. The van der Waals surface area contributed by atoms with Crippen molar-refractivity contribution in [2.24, 2.45) is 0 Å². The van der Waals surface area contributed by atoms with Crippen molar-refractivity contribution < 1.29 is 4.74 Å². The maximum atomic E-state index is 7.04. The van der Waals surface area contributed by atoms with Crippen molar-refractivity contribution in [2.45, 2.75) is 0 Å². The van der Waals surface area contributed by atoms with Crippen molar-refractivity contribution >= 4 is 85.1 Å². The van der Waals surface area contributed by atoms with Gasteiger partial charge in [0.2, 0.25) is 0 Å². The second kappa shape index (κ2) is 12.5. The lowest BCUT2D eigenvalue weighted by Crippen LogP contribution is -2.59. The molecule has 0 aliphatic carbocycles. The van der Waals surface area contributed by atoms with E-state index in [1.54, 1.807) is 0 Å². The van der Waals surface area contributed by atoms with Gasteiger partial charge in [0.05, 0.1) is 17.1 Å². The van der Waals surface area contributed by atoms with Gasteiger partial charge in [0.1, 0.15) is 11.5 Å². The Morgan fingerprint density at radius 3 is 1.68 bits per heavy atom. The highest BCUT2D eigenvalue weighted by Crippen LogP contribution is 2.54. The number of hydrogen-bond donors (Lipinski definition) is 0. The van der Waals surface area contributed by atoms with E-state index in [0.717, 1.165) is 62.6 Å². The van der Waals surface area contributed by atoms with Crippen LogP contribution in [0, 0.1) is 0 Å². The van der Waals surface area contributed by atoms with Crippen molar-refractivity contribution in [3.63, 3.8) is 0 Å². The molecule has 0 amide bonds. The molecule has 3 aliphatic heterocycles. The summed E-state index contributed by atoms with van der Waals surface area (Å²) in [5, 5.41) is 2.39. The number of para-hydroxylation sites is 5. The van der Waals surface area contributed by atoms with Crippen LogP contribution in [0.2, 0.25) is 0 Å². The average molecular weight is 728 g/mol. The molecule has 0 spiro atoms. The molecule has 0 saturated heterocycles. The van der Waals surface area contributed by atoms with Gasteiger partial charge in [-0.15, -0.1) is 0 Å². The summed E-state index contributed by atoms with van der Waals surface area (Å²) in [6.07, 6.45) is 0. The van der Waals surface area contributed by atoms with E-state index < -0.39 is 0 Å². The van der Waals surface area contributed by atoms with Crippen LogP contribution in [0.4, 0.5) is 51.2 Å². The molecular formula is C52H34BN3O. The highest BCUT2D eigenvalue weighted by Gasteiger charge is 2.43. The Hall–Kier alpha value is -7.50. The molecule has 9 aromatic carbocycles. The summed E-state index contributed by atoms with van der Waals surface area (Å²) in [5.74, 6) is 1.80. The number of fused-ring (bicyclic) bond motifs is 6. The monoisotopic (exact) mass is 727 g/mol. The Labute approximate surface area is 332 Å². The first-order chi connectivity index (χ1) is 28.3. The fourth-order valence-corrected chi connectivity index (χ4v) is 9.47. The molecule has 266 valence electrons. The number of nitrogens with zero attached hydrogens (tertiary/aromatic N) is 3. The standard InChI is InChI=1S/C52H34BN3O/c1-5-17-35(18-6-1)54(36-19-7-2-8-20-36)44-32-31-39-41-33-50-43(34-48(41)56(38-23-11-4-12-24-38)46-28-15-25-40(44)51(39)46)53-42-26-13-14-27-45(42)55(37-21-9-3-10-22-37)47-29-16-30-49(57-50)52(47)53/h1-34H. The zero-order valence-corrected chi connectivity index (χ0v) is 31.0. The highest BCUT2D eigenvalue weighted by molar-refractivity contribution is 6.99. The van der Waals surface area contributed by atoms with Crippen molar-refractivity contribution in [3.05, 3.63) is 206 Å². The quantitative estimate of drug-likeness (QED) is 0.164. The van der Waals surface area contributed by atoms with Gasteiger partial charge in [-0.25, -0.2) is 0 Å². The molecule has 57 heavy (non-hydrogen) atoms. The Bertz CT molecular complexity index is 2970. The van der Waals surface area contributed by atoms with Crippen molar-refractivity contribution in [1.82, 2.24) is 0 Å². The Morgan fingerprint density at radius 2 is 0.982 bits per heavy atom. The van der Waals surface area contributed by atoms with Crippen LogP contribution >= 0.6 is 0 Å². The number of hydrogen-bond acceptors (Lipinski definition) is 4. The van der Waals surface area contributed by atoms with Gasteiger partial charge < -0.3 is 19.4 Å². The molecule has 5 heteroatoms. The van der Waals surface area contributed by atoms with E-state index in [4.69, 9.17) is 4.74 Å². The summed E-state index contributed by atoms with van der Waals surface area (Å²) in [5.41, 5.74) is 16.2. The molecule has 0 N–H and O–H groups in total. The zero-order valence-electron chi connectivity index (χ0n) is 31.0. The minimum atomic E-state index is -0.0103. The number of benzene rings is 9. The van der Waals surface area contributed by atoms with Crippen molar-refractivity contribution in [3.8, 4) is 22.6 Å². The lowest BCUT2D eigenvalue weighted by molar-refractivity contribution is 0.488. The van der Waals surface area contributed by atoms with Crippen LogP contribution in [0.15, 0.2) is 206 Å². The van der Waals surface area contributed by atoms with Gasteiger partial charge in [0.25, 0.3) is 6.71 Å². The van der Waals surface area contributed by atoms with Gasteiger partial charge in [-0.05, 0) is 113 Å². The van der Waals surface area contributed by atoms with E-state index in [1.165, 1.54) is 38.4 Å². The molecule has 4 nitrogen and oxygen atoms in total. The average Bonchev–Trinajstić information content (AvgIpc) is 3.28. The second-order valence-electron chi connectivity index (χ2n) is 14.9. The molecule has 9 aromatic rings. The maximum Gasteiger partial charge on any atom is 0.256 e. The topological polar surface area (TPSA) is 19.0 Å². The lowest BCUT2D eigenvalue weighted by atomic mass is 9.34. The molecule has 3 aliphatic rings. The minimum Gasteiger partial charge on any atom is -0.458 e. The smallest absolute Gasteiger partial charge is 0.256 e. The van der Waals surface area contributed by atoms with Crippen LogP contribution in [0.3, 0.4) is 0 Å². The first-order valence-electron chi connectivity index (χ1n) is 19.6. The van der Waals surface area contributed by atoms with Gasteiger partial charge in [0, 0.05) is 50.5 Å². The van der Waals surface area contributed by atoms with Gasteiger partial charge in [-0.3, -0.25) is 0 Å². The minimum absolute atomic E-state index is 0.0103. The van der Waals surface area contributed by atoms with Gasteiger partial charge in [-0.2, -0.15) is 0 Å². The predicted octanol–water partition coefficient (Wildman–Crippen LogP) is 12.2. The molecule has 0 radical (unpaired) electrons. The third-order valence-corrected chi connectivity index (χ3v) is 11.8. The summed E-state index contributed by atoms with van der Waals surface area (Å²) in [6, 6.07) is 74.2. The third-order valence-electron chi connectivity index (χ3n) is 11.8. The van der Waals surface area contributed by atoms with Gasteiger partial charge >= 0.3 is 0 Å². The first-order valence-corrected chi connectivity index (χ1v) is 19.6. The molecular weight excluding hydrogens is 693 g/mol. The number of ether oxygens (including phenoxy) is 1. The molecule has 0 aromatic heterocycles. The molecule has 3 heterocycles. The Morgan fingerprint density at radius 1 is 0.404 bits per heavy atom. The van der Waals surface area contributed by atoms with E-state index in [1.807, 2.05) is 0 Å².